The Balaban J connectivity index is 3.06. The van der Waals surface area contributed by atoms with Gasteiger partial charge in [0.05, 0.1) is 5.56 Å². The number of aromatic nitrogens is 1. The van der Waals surface area contributed by atoms with Gasteiger partial charge in [0.25, 0.3) is 5.56 Å². The van der Waals surface area contributed by atoms with Crippen LogP contribution in [0.15, 0.2) is 23.1 Å². The Morgan fingerprint density at radius 3 is 2.67 bits per heavy atom. The number of carbonyl (C=O) groups excluding carboxylic acids is 1. The van der Waals surface area contributed by atoms with Crippen LogP contribution in [-0.4, -0.2) is 28.6 Å². The van der Waals surface area contributed by atoms with Crippen molar-refractivity contribution >= 4 is 11.9 Å². The number of carboxylic acid groups (broad SMARTS) is 1. The summed E-state index contributed by atoms with van der Waals surface area (Å²) in [6.45, 7) is -0.184. The van der Waals surface area contributed by atoms with Crippen LogP contribution in [0, 0.1) is 0 Å². The maximum atomic E-state index is 11.2. The summed E-state index contributed by atoms with van der Waals surface area (Å²) in [5.41, 5.74) is -0.442. The Hall–Kier alpha value is -2.11. The van der Waals surface area contributed by atoms with Crippen molar-refractivity contribution in [3.05, 3.63) is 34.2 Å². The lowest BCUT2D eigenvalue weighted by Gasteiger charge is -2.04. The van der Waals surface area contributed by atoms with Crippen molar-refractivity contribution in [2.45, 2.75) is 6.54 Å². The summed E-state index contributed by atoms with van der Waals surface area (Å²) >= 11 is 0. The molecule has 1 heterocycles. The molecule has 6 nitrogen and oxygen atoms in total. The highest BCUT2D eigenvalue weighted by Gasteiger charge is 2.07. The van der Waals surface area contributed by atoms with E-state index in [1.807, 2.05) is 0 Å². The fourth-order valence-electron chi connectivity index (χ4n) is 1.02. The zero-order valence-electron chi connectivity index (χ0n) is 8.06. The third-order valence-corrected chi connectivity index (χ3v) is 1.82. The lowest BCUT2D eigenvalue weighted by Crippen LogP contribution is -2.30. The van der Waals surface area contributed by atoms with Crippen molar-refractivity contribution in [2.75, 3.05) is 7.05 Å². The number of carbonyl (C=O) groups is 2. The molecule has 0 atom stereocenters. The highest BCUT2D eigenvalue weighted by Crippen LogP contribution is 1.95. The lowest BCUT2D eigenvalue weighted by molar-refractivity contribution is -0.121. The predicted molar refractivity (Wildman–Crippen MR) is 51.7 cm³/mol. The van der Waals surface area contributed by atoms with Gasteiger partial charge in [-0.3, -0.25) is 9.59 Å². The summed E-state index contributed by atoms with van der Waals surface area (Å²) in [4.78, 5) is 32.8. The van der Waals surface area contributed by atoms with Gasteiger partial charge in [-0.15, -0.1) is 0 Å². The van der Waals surface area contributed by atoms with E-state index in [0.717, 1.165) is 16.8 Å². The second-order valence-electron chi connectivity index (χ2n) is 2.86. The van der Waals surface area contributed by atoms with Crippen molar-refractivity contribution in [1.29, 1.82) is 0 Å². The number of carboxylic acids is 1. The number of likely N-dealkylation sites (N-methyl/N-ethyl adjacent to an activating group) is 1. The van der Waals surface area contributed by atoms with Crippen LogP contribution in [0.4, 0.5) is 0 Å². The number of pyridine rings is 1. The minimum Gasteiger partial charge on any atom is -0.478 e. The van der Waals surface area contributed by atoms with Crippen molar-refractivity contribution in [1.82, 2.24) is 9.88 Å². The Bertz CT molecular complexity index is 450. The van der Waals surface area contributed by atoms with Gasteiger partial charge in [-0.25, -0.2) is 4.79 Å². The van der Waals surface area contributed by atoms with Crippen LogP contribution < -0.4 is 10.9 Å². The molecule has 0 saturated heterocycles. The predicted octanol–water partition coefficient (Wildman–Crippen LogP) is -0.708. The summed E-state index contributed by atoms with van der Waals surface area (Å²) in [5, 5.41) is 11.0. The third kappa shape index (κ3) is 2.67. The molecule has 0 aliphatic heterocycles. The van der Waals surface area contributed by atoms with Crippen molar-refractivity contribution < 1.29 is 14.7 Å². The first-order valence-corrected chi connectivity index (χ1v) is 4.19. The molecular weight excluding hydrogens is 200 g/mol. The van der Waals surface area contributed by atoms with Crippen LogP contribution in [0.5, 0.6) is 0 Å². The molecule has 6 heteroatoms. The maximum absolute atomic E-state index is 11.2. The first-order chi connectivity index (χ1) is 7.04. The molecule has 0 spiro atoms. The second-order valence-corrected chi connectivity index (χ2v) is 2.86. The van der Waals surface area contributed by atoms with E-state index >= 15 is 0 Å². The van der Waals surface area contributed by atoms with Gasteiger partial charge in [-0.05, 0) is 6.07 Å². The minimum atomic E-state index is -1.14. The number of amides is 1. The van der Waals surface area contributed by atoms with Gasteiger partial charge in [0.2, 0.25) is 5.91 Å². The van der Waals surface area contributed by atoms with E-state index in [1.54, 1.807) is 0 Å². The standard InChI is InChI=1S/C9H10N2O4/c1-10-7(12)5-11-4-6(9(14)15)2-3-8(11)13/h2-4H,5H2,1H3,(H,10,12)(H,14,15). The molecular formula is C9H10N2O4. The quantitative estimate of drug-likeness (QED) is 0.690. The molecule has 1 amide bonds. The highest BCUT2D eigenvalue weighted by atomic mass is 16.4. The molecule has 0 aliphatic rings. The minimum absolute atomic E-state index is 0.0292. The maximum Gasteiger partial charge on any atom is 0.337 e. The molecule has 0 unspecified atom stereocenters. The number of aromatic carboxylic acids is 1. The Labute approximate surface area is 85.1 Å². The van der Waals surface area contributed by atoms with E-state index in [4.69, 9.17) is 5.11 Å². The Morgan fingerprint density at radius 2 is 2.13 bits per heavy atom. The second kappa shape index (κ2) is 4.41. The number of nitrogens with zero attached hydrogens (tertiary/aromatic N) is 1. The van der Waals surface area contributed by atoms with E-state index in [0.29, 0.717) is 0 Å². The smallest absolute Gasteiger partial charge is 0.337 e. The first-order valence-electron chi connectivity index (χ1n) is 4.19. The topological polar surface area (TPSA) is 88.4 Å². The molecule has 0 aromatic carbocycles. The van der Waals surface area contributed by atoms with Crippen molar-refractivity contribution in [2.24, 2.45) is 0 Å². The van der Waals surface area contributed by atoms with Gasteiger partial charge in [-0.2, -0.15) is 0 Å². The van der Waals surface area contributed by atoms with Gasteiger partial charge in [0, 0.05) is 19.3 Å². The van der Waals surface area contributed by atoms with Crippen LogP contribution in [0.3, 0.4) is 0 Å². The van der Waals surface area contributed by atoms with Gasteiger partial charge >= 0.3 is 5.97 Å². The molecule has 15 heavy (non-hydrogen) atoms. The Morgan fingerprint density at radius 1 is 1.47 bits per heavy atom. The fraction of sp³-hybridized carbons (Fsp3) is 0.222. The largest absolute Gasteiger partial charge is 0.478 e. The van der Waals surface area contributed by atoms with E-state index in [9.17, 15) is 14.4 Å². The molecule has 0 saturated carbocycles. The van der Waals surface area contributed by atoms with Crippen LogP contribution in [0.25, 0.3) is 0 Å². The number of rotatable bonds is 3. The van der Waals surface area contributed by atoms with E-state index in [-0.39, 0.29) is 18.0 Å². The van der Waals surface area contributed by atoms with Crippen LogP contribution in [-0.2, 0) is 11.3 Å². The zero-order valence-corrected chi connectivity index (χ0v) is 8.06. The van der Waals surface area contributed by atoms with Gasteiger partial charge < -0.3 is 15.0 Å². The van der Waals surface area contributed by atoms with Gasteiger partial charge in [0.15, 0.2) is 0 Å². The van der Waals surface area contributed by atoms with Gasteiger partial charge in [0.1, 0.15) is 6.54 Å². The third-order valence-electron chi connectivity index (χ3n) is 1.82. The molecule has 1 aromatic rings. The number of hydrogen-bond donors (Lipinski definition) is 2. The fourth-order valence-corrected chi connectivity index (χ4v) is 1.02. The first kappa shape index (κ1) is 11.0. The van der Waals surface area contributed by atoms with E-state index in [1.165, 1.54) is 13.1 Å². The summed E-state index contributed by atoms with van der Waals surface area (Å²) in [6, 6.07) is 2.32. The van der Waals surface area contributed by atoms with Crippen molar-refractivity contribution in [3.63, 3.8) is 0 Å². The molecule has 1 rings (SSSR count). The average molecular weight is 210 g/mol. The SMILES string of the molecule is CNC(=O)Cn1cc(C(=O)O)ccc1=O. The molecule has 0 aliphatic carbocycles. The molecule has 0 fully saturated rings. The monoisotopic (exact) mass is 210 g/mol. The summed E-state index contributed by atoms with van der Waals surface area (Å²) in [6.07, 6.45) is 1.14. The van der Waals surface area contributed by atoms with E-state index < -0.39 is 11.5 Å². The Kier molecular flexibility index (Phi) is 3.22. The molecule has 0 radical (unpaired) electrons. The summed E-state index contributed by atoms with van der Waals surface area (Å²) in [7, 11) is 1.44. The zero-order chi connectivity index (χ0) is 11.4. The molecule has 2 N–H and O–H groups in total. The normalized spacial score (nSPS) is 9.67. The highest BCUT2D eigenvalue weighted by molar-refractivity contribution is 5.87. The summed E-state index contributed by atoms with van der Waals surface area (Å²) < 4.78 is 1.04. The van der Waals surface area contributed by atoms with Crippen LogP contribution in [0.2, 0.25) is 0 Å². The molecule has 0 bridgehead atoms. The number of hydrogen-bond acceptors (Lipinski definition) is 3. The van der Waals surface area contributed by atoms with Crippen LogP contribution in [0.1, 0.15) is 10.4 Å². The summed E-state index contributed by atoms with van der Waals surface area (Å²) in [5.74, 6) is -1.50. The number of nitrogens with one attached hydrogen (secondary N) is 1. The van der Waals surface area contributed by atoms with Crippen molar-refractivity contribution in [3.8, 4) is 0 Å². The van der Waals surface area contributed by atoms with Crippen LogP contribution >= 0.6 is 0 Å². The molecule has 1 aromatic heterocycles. The van der Waals surface area contributed by atoms with Gasteiger partial charge in [-0.1, -0.05) is 0 Å². The average Bonchev–Trinajstić information content (AvgIpc) is 2.20. The molecule has 80 valence electrons. The van der Waals surface area contributed by atoms with E-state index in [2.05, 4.69) is 5.32 Å². The lowest BCUT2D eigenvalue weighted by atomic mass is 10.3.